The summed E-state index contributed by atoms with van der Waals surface area (Å²) in [6.45, 7) is 1.02. The zero-order chi connectivity index (χ0) is 21.6. The van der Waals surface area contributed by atoms with Crippen LogP contribution in [-0.2, 0) is 4.74 Å². The van der Waals surface area contributed by atoms with E-state index in [1.807, 2.05) is 36.4 Å². The Hall–Kier alpha value is -3.84. The van der Waals surface area contributed by atoms with Gasteiger partial charge in [-0.15, -0.1) is 0 Å². The predicted molar refractivity (Wildman–Crippen MR) is 120 cm³/mol. The molecule has 2 aromatic heterocycles. The van der Waals surface area contributed by atoms with E-state index in [9.17, 15) is 4.79 Å². The number of hydrogen-bond acceptors (Lipinski definition) is 5. The maximum absolute atomic E-state index is 12.5. The summed E-state index contributed by atoms with van der Waals surface area (Å²) >= 11 is 0. The van der Waals surface area contributed by atoms with Crippen LogP contribution < -0.4 is 14.8 Å². The molecule has 0 aliphatic rings. The van der Waals surface area contributed by atoms with E-state index in [-0.39, 0.29) is 5.91 Å². The average molecular weight is 417 g/mol. The fourth-order valence-corrected chi connectivity index (χ4v) is 3.18. The molecule has 0 bridgehead atoms. The van der Waals surface area contributed by atoms with Crippen LogP contribution in [0.25, 0.3) is 22.3 Å². The summed E-state index contributed by atoms with van der Waals surface area (Å²) in [5.41, 5.74) is 3.80. The van der Waals surface area contributed by atoms with Crippen molar-refractivity contribution in [1.82, 2.24) is 9.97 Å². The van der Waals surface area contributed by atoms with Gasteiger partial charge in [-0.3, -0.25) is 4.79 Å². The number of aromatic nitrogens is 2. The molecule has 2 N–H and O–H groups in total. The van der Waals surface area contributed by atoms with E-state index in [1.165, 1.54) is 0 Å². The molecule has 0 fully saturated rings. The summed E-state index contributed by atoms with van der Waals surface area (Å²) in [4.78, 5) is 20.3. The second-order valence-corrected chi connectivity index (χ2v) is 6.90. The number of fused-ring (bicyclic) bond motifs is 1. The lowest BCUT2D eigenvalue weighted by Gasteiger charge is -2.06. The van der Waals surface area contributed by atoms with E-state index in [4.69, 9.17) is 14.2 Å². The number of rotatable bonds is 8. The van der Waals surface area contributed by atoms with Gasteiger partial charge in [0.2, 0.25) is 0 Å². The van der Waals surface area contributed by atoms with Crippen molar-refractivity contribution < 1.29 is 19.0 Å². The molecule has 7 nitrogen and oxygen atoms in total. The first kappa shape index (κ1) is 20.4. The molecular formula is C24H23N3O4. The van der Waals surface area contributed by atoms with Crippen molar-refractivity contribution in [3.8, 4) is 22.8 Å². The highest BCUT2D eigenvalue weighted by atomic mass is 16.5. The molecule has 2 aromatic carbocycles. The number of pyridine rings is 1. The van der Waals surface area contributed by atoms with E-state index in [2.05, 4.69) is 15.3 Å². The summed E-state index contributed by atoms with van der Waals surface area (Å²) in [5.74, 6) is 1.27. The summed E-state index contributed by atoms with van der Waals surface area (Å²) in [7, 11) is 3.23. The van der Waals surface area contributed by atoms with Gasteiger partial charge in [0.15, 0.2) is 0 Å². The van der Waals surface area contributed by atoms with Crippen molar-refractivity contribution in [2.45, 2.75) is 0 Å². The summed E-state index contributed by atoms with van der Waals surface area (Å²) in [6.07, 6.45) is 1.63. The van der Waals surface area contributed by atoms with E-state index in [0.29, 0.717) is 30.2 Å². The number of carbonyl (C=O) groups excluding carboxylic acids is 1. The average Bonchev–Trinajstić information content (AvgIpc) is 3.23. The molecule has 0 radical (unpaired) electrons. The summed E-state index contributed by atoms with van der Waals surface area (Å²) in [6, 6.07) is 18.6. The quantitative estimate of drug-likeness (QED) is 0.412. The normalized spacial score (nSPS) is 10.8. The van der Waals surface area contributed by atoms with Gasteiger partial charge in [-0.1, -0.05) is 12.1 Å². The number of ether oxygens (including phenoxy) is 3. The summed E-state index contributed by atoms with van der Waals surface area (Å²) < 4.78 is 15.8. The van der Waals surface area contributed by atoms with Crippen LogP contribution in [0, 0.1) is 0 Å². The van der Waals surface area contributed by atoms with Crippen LogP contribution >= 0.6 is 0 Å². The van der Waals surface area contributed by atoms with Gasteiger partial charge in [0.25, 0.3) is 5.91 Å². The Kier molecular flexibility index (Phi) is 6.14. The molecule has 2 heterocycles. The van der Waals surface area contributed by atoms with Crippen molar-refractivity contribution in [3.05, 3.63) is 72.4 Å². The number of aromatic amines is 1. The maximum atomic E-state index is 12.5. The Labute approximate surface area is 180 Å². The highest BCUT2D eigenvalue weighted by molar-refractivity contribution is 6.05. The van der Waals surface area contributed by atoms with Crippen LogP contribution in [0.2, 0.25) is 0 Å². The van der Waals surface area contributed by atoms with Gasteiger partial charge in [0, 0.05) is 29.3 Å². The Morgan fingerprint density at radius 3 is 2.61 bits per heavy atom. The number of hydrogen-bond donors (Lipinski definition) is 2. The Morgan fingerprint density at radius 1 is 1.00 bits per heavy atom. The number of nitrogens with zero attached hydrogens (tertiary/aromatic N) is 1. The number of carbonyl (C=O) groups is 1. The smallest absolute Gasteiger partial charge is 0.255 e. The fraction of sp³-hybridized carbons (Fsp3) is 0.167. The van der Waals surface area contributed by atoms with Crippen molar-refractivity contribution in [1.29, 1.82) is 0 Å². The number of nitrogens with one attached hydrogen (secondary N) is 2. The van der Waals surface area contributed by atoms with Gasteiger partial charge in [0.1, 0.15) is 23.8 Å². The largest absolute Gasteiger partial charge is 0.497 e. The van der Waals surface area contributed by atoms with E-state index < -0.39 is 0 Å². The number of anilines is 1. The fourth-order valence-electron chi connectivity index (χ4n) is 3.18. The second kappa shape index (κ2) is 9.32. The molecule has 7 heteroatoms. The first-order chi connectivity index (χ1) is 15.2. The number of amides is 1. The molecule has 0 spiro atoms. The van der Waals surface area contributed by atoms with Gasteiger partial charge in [-0.2, -0.15) is 0 Å². The van der Waals surface area contributed by atoms with Crippen molar-refractivity contribution in [2.24, 2.45) is 0 Å². The molecule has 0 saturated heterocycles. The van der Waals surface area contributed by atoms with Crippen LogP contribution in [-0.4, -0.2) is 43.3 Å². The number of benzene rings is 2. The van der Waals surface area contributed by atoms with Gasteiger partial charge in [-0.25, -0.2) is 4.98 Å². The van der Waals surface area contributed by atoms with Gasteiger partial charge >= 0.3 is 0 Å². The predicted octanol–water partition coefficient (Wildman–Crippen LogP) is 4.52. The lowest BCUT2D eigenvalue weighted by molar-refractivity contribution is 0.102. The van der Waals surface area contributed by atoms with Crippen LogP contribution in [0.4, 0.5) is 5.69 Å². The monoisotopic (exact) mass is 417 g/mol. The molecule has 1 amide bonds. The van der Waals surface area contributed by atoms with Gasteiger partial charge < -0.3 is 24.5 Å². The molecule has 158 valence electrons. The molecule has 0 aliphatic heterocycles. The van der Waals surface area contributed by atoms with E-state index in [0.717, 1.165) is 28.0 Å². The second-order valence-electron chi connectivity index (χ2n) is 6.90. The number of H-pyrrole nitrogens is 1. The molecule has 0 aliphatic carbocycles. The lowest BCUT2D eigenvalue weighted by Crippen LogP contribution is -2.11. The lowest BCUT2D eigenvalue weighted by atomic mass is 10.1. The highest BCUT2D eigenvalue weighted by Gasteiger charge is 2.10. The molecular weight excluding hydrogens is 394 g/mol. The van der Waals surface area contributed by atoms with Gasteiger partial charge in [0.05, 0.1) is 25.6 Å². The van der Waals surface area contributed by atoms with Crippen LogP contribution in [0.15, 0.2) is 66.9 Å². The third-order valence-electron chi connectivity index (χ3n) is 4.78. The topological polar surface area (TPSA) is 85.5 Å². The molecule has 0 unspecified atom stereocenters. The molecule has 0 atom stereocenters. The summed E-state index contributed by atoms with van der Waals surface area (Å²) in [5, 5.41) is 3.78. The minimum atomic E-state index is -0.208. The van der Waals surface area contributed by atoms with Crippen molar-refractivity contribution in [3.63, 3.8) is 0 Å². The van der Waals surface area contributed by atoms with Crippen molar-refractivity contribution in [2.75, 3.05) is 32.8 Å². The molecule has 4 aromatic rings. The standard InChI is InChI=1S/C24H23N3O4/c1-29-10-11-31-21-5-3-4-17(13-21)22-14-18-12-19(15-25-23(18)27-22)26-24(28)16-6-8-20(30-2)9-7-16/h3-9,12-15H,10-11H2,1-2H3,(H,25,27)(H,26,28). The third kappa shape index (κ3) is 4.84. The molecule has 0 saturated carbocycles. The Morgan fingerprint density at radius 2 is 1.84 bits per heavy atom. The van der Waals surface area contributed by atoms with E-state index >= 15 is 0 Å². The van der Waals surface area contributed by atoms with Crippen LogP contribution in [0.1, 0.15) is 10.4 Å². The molecule has 31 heavy (non-hydrogen) atoms. The zero-order valence-electron chi connectivity index (χ0n) is 17.3. The Balaban J connectivity index is 1.51. The first-order valence-electron chi connectivity index (χ1n) is 9.82. The first-order valence-corrected chi connectivity index (χ1v) is 9.82. The van der Waals surface area contributed by atoms with E-state index in [1.54, 1.807) is 44.7 Å². The third-order valence-corrected chi connectivity index (χ3v) is 4.78. The minimum absolute atomic E-state index is 0.208. The van der Waals surface area contributed by atoms with Crippen LogP contribution in [0.3, 0.4) is 0 Å². The van der Waals surface area contributed by atoms with Crippen molar-refractivity contribution >= 4 is 22.6 Å². The maximum Gasteiger partial charge on any atom is 0.255 e. The highest BCUT2D eigenvalue weighted by Crippen LogP contribution is 2.27. The molecule has 4 rings (SSSR count). The minimum Gasteiger partial charge on any atom is -0.497 e. The number of methoxy groups -OCH3 is 2. The zero-order valence-corrected chi connectivity index (χ0v) is 17.3. The Bertz CT molecular complexity index is 1190. The van der Waals surface area contributed by atoms with Gasteiger partial charge in [-0.05, 0) is 48.5 Å². The van der Waals surface area contributed by atoms with Crippen LogP contribution in [0.5, 0.6) is 11.5 Å². The SMILES string of the molecule is COCCOc1cccc(-c2cc3cc(NC(=O)c4ccc(OC)cc4)cnc3[nH]2)c1.